The van der Waals surface area contributed by atoms with Crippen LogP contribution in [0.4, 0.5) is 5.82 Å². The van der Waals surface area contributed by atoms with Gasteiger partial charge in [-0.15, -0.1) is 0 Å². The SMILES string of the molecule is CCNc1cc(-c2ccccc2Br)nc(CC)n1. The van der Waals surface area contributed by atoms with E-state index in [-0.39, 0.29) is 0 Å². The normalized spacial score (nSPS) is 10.4. The van der Waals surface area contributed by atoms with Crippen LogP contribution in [0.1, 0.15) is 19.7 Å². The predicted octanol–water partition coefficient (Wildman–Crippen LogP) is 3.90. The van der Waals surface area contributed by atoms with Crippen LogP contribution in [0.2, 0.25) is 0 Å². The summed E-state index contributed by atoms with van der Waals surface area (Å²) in [5.41, 5.74) is 2.04. The highest BCUT2D eigenvalue weighted by molar-refractivity contribution is 9.10. The third-order valence-electron chi connectivity index (χ3n) is 2.60. The number of hydrogen-bond donors (Lipinski definition) is 1. The lowest BCUT2D eigenvalue weighted by Crippen LogP contribution is -2.04. The third-order valence-corrected chi connectivity index (χ3v) is 3.29. The Morgan fingerprint density at radius 1 is 1.17 bits per heavy atom. The number of nitrogens with one attached hydrogen (secondary N) is 1. The van der Waals surface area contributed by atoms with Gasteiger partial charge in [0.2, 0.25) is 0 Å². The highest BCUT2D eigenvalue weighted by Crippen LogP contribution is 2.27. The summed E-state index contributed by atoms with van der Waals surface area (Å²) in [4.78, 5) is 9.04. The van der Waals surface area contributed by atoms with Gasteiger partial charge >= 0.3 is 0 Å². The van der Waals surface area contributed by atoms with E-state index in [1.165, 1.54) is 0 Å². The Kier molecular flexibility index (Phi) is 4.31. The van der Waals surface area contributed by atoms with E-state index in [0.29, 0.717) is 0 Å². The lowest BCUT2D eigenvalue weighted by molar-refractivity contribution is 0.939. The topological polar surface area (TPSA) is 37.8 Å². The summed E-state index contributed by atoms with van der Waals surface area (Å²) in [6.45, 7) is 4.98. The van der Waals surface area contributed by atoms with E-state index in [1.807, 2.05) is 24.3 Å². The lowest BCUT2D eigenvalue weighted by atomic mass is 10.1. The Labute approximate surface area is 116 Å². The predicted molar refractivity (Wildman–Crippen MR) is 78.7 cm³/mol. The minimum Gasteiger partial charge on any atom is -0.370 e. The van der Waals surface area contributed by atoms with E-state index < -0.39 is 0 Å². The fourth-order valence-corrected chi connectivity index (χ4v) is 2.22. The van der Waals surface area contributed by atoms with Gasteiger partial charge in [-0.2, -0.15) is 0 Å². The first kappa shape index (κ1) is 13.0. The zero-order valence-corrected chi connectivity index (χ0v) is 12.2. The summed E-state index contributed by atoms with van der Waals surface area (Å²) in [7, 11) is 0. The number of hydrogen-bond acceptors (Lipinski definition) is 3. The molecule has 94 valence electrons. The number of anilines is 1. The second-order valence-electron chi connectivity index (χ2n) is 3.92. The summed E-state index contributed by atoms with van der Waals surface area (Å²) in [6.07, 6.45) is 0.830. The van der Waals surface area contributed by atoms with Crippen LogP contribution < -0.4 is 5.32 Å². The first-order valence-corrected chi connectivity index (χ1v) is 6.90. The molecule has 18 heavy (non-hydrogen) atoms. The molecular formula is C14H16BrN3. The molecule has 1 heterocycles. The molecule has 0 spiro atoms. The zero-order valence-electron chi connectivity index (χ0n) is 10.6. The second-order valence-corrected chi connectivity index (χ2v) is 4.77. The highest BCUT2D eigenvalue weighted by atomic mass is 79.9. The maximum atomic E-state index is 4.58. The molecular weight excluding hydrogens is 290 g/mol. The van der Waals surface area contributed by atoms with Crippen molar-refractivity contribution in [2.45, 2.75) is 20.3 Å². The molecule has 0 radical (unpaired) electrons. The average Bonchev–Trinajstić information content (AvgIpc) is 2.39. The highest BCUT2D eigenvalue weighted by Gasteiger charge is 2.07. The smallest absolute Gasteiger partial charge is 0.131 e. The molecule has 2 rings (SSSR count). The molecule has 0 unspecified atom stereocenters. The van der Waals surface area contributed by atoms with E-state index >= 15 is 0 Å². The molecule has 0 aliphatic carbocycles. The molecule has 0 saturated heterocycles. The van der Waals surface area contributed by atoms with Crippen molar-refractivity contribution >= 4 is 21.7 Å². The number of halogens is 1. The lowest BCUT2D eigenvalue weighted by Gasteiger charge is -2.09. The van der Waals surface area contributed by atoms with Crippen LogP contribution >= 0.6 is 15.9 Å². The van der Waals surface area contributed by atoms with Gasteiger partial charge in [-0.25, -0.2) is 9.97 Å². The average molecular weight is 306 g/mol. The number of aryl methyl sites for hydroxylation is 1. The van der Waals surface area contributed by atoms with Crippen LogP contribution in [0.25, 0.3) is 11.3 Å². The fourth-order valence-electron chi connectivity index (χ4n) is 1.73. The molecule has 0 aliphatic heterocycles. The summed E-state index contributed by atoms with van der Waals surface area (Å²) in [6, 6.07) is 10.1. The van der Waals surface area contributed by atoms with Gasteiger partial charge < -0.3 is 5.32 Å². The summed E-state index contributed by atoms with van der Waals surface area (Å²) >= 11 is 3.56. The van der Waals surface area contributed by atoms with Gasteiger partial charge in [-0.05, 0) is 13.0 Å². The van der Waals surface area contributed by atoms with Gasteiger partial charge in [0.05, 0.1) is 5.69 Å². The first-order chi connectivity index (χ1) is 8.74. The van der Waals surface area contributed by atoms with E-state index in [4.69, 9.17) is 0 Å². The first-order valence-electron chi connectivity index (χ1n) is 6.11. The number of benzene rings is 1. The largest absolute Gasteiger partial charge is 0.370 e. The molecule has 3 nitrogen and oxygen atoms in total. The van der Waals surface area contributed by atoms with Crippen molar-refractivity contribution in [3.05, 3.63) is 40.6 Å². The van der Waals surface area contributed by atoms with Crippen LogP contribution in [0.3, 0.4) is 0 Å². The molecule has 1 aromatic carbocycles. The van der Waals surface area contributed by atoms with E-state index in [1.54, 1.807) is 0 Å². The van der Waals surface area contributed by atoms with Gasteiger partial charge in [-0.3, -0.25) is 0 Å². The van der Waals surface area contributed by atoms with Gasteiger partial charge in [-0.1, -0.05) is 41.1 Å². The van der Waals surface area contributed by atoms with Crippen molar-refractivity contribution in [2.75, 3.05) is 11.9 Å². The van der Waals surface area contributed by atoms with Crippen molar-refractivity contribution in [2.24, 2.45) is 0 Å². The van der Waals surface area contributed by atoms with E-state index in [0.717, 1.165) is 40.3 Å². The third kappa shape index (κ3) is 2.88. The van der Waals surface area contributed by atoms with Crippen LogP contribution in [-0.4, -0.2) is 16.5 Å². The quantitative estimate of drug-likeness (QED) is 0.931. The molecule has 4 heteroatoms. The van der Waals surface area contributed by atoms with Gasteiger partial charge in [0.25, 0.3) is 0 Å². The standard InChI is InChI=1S/C14H16BrN3/c1-3-13-17-12(9-14(18-13)16-4-2)10-7-5-6-8-11(10)15/h5-9H,3-4H2,1-2H3,(H,16,17,18). The number of nitrogens with zero attached hydrogens (tertiary/aromatic N) is 2. The second kappa shape index (κ2) is 5.96. The summed E-state index contributed by atoms with van der Waals surface area (Å²) in [5.74, 6) is 1.74. The van der Waals surface area contributed by atoms with Crippen LogP contribution in [0, 0.1) is 0 Å². The van der Waals surface area contributed by atoms with Gasteiger partial charge in [0, 0.05) is 29.1 Å². The Bertz CT molecular complexity index is 540. The monoisotopic (exact) mass is 305 g/mol. The Balaban J connectivity index is 2.50. The fraction of sp³-hybridized carbons (Fsp3) is 0.286. The van der Waals surface area contributed by atoms with E-state index in [2.05, 4.69) is 51.1 Å². The number of aromatic nitrogens is 2. The van der Waals surface area contributed by atoms with E-state index in [9.17, 15) is 0 Å². The molecule has 0 atom stereocenters. The van der Waals surface area contributed by atoms with Crippen molar-refractivity contribution in [3.8, 4) is 11.3 Å². The van der Waals surface area contributed by atoms with Gasteiger partial charge in [0.1, 0.15) is 11.6 Å². The van der Waals surface area contributed by atoms with Crippen molar-refractivity contribution in [3.63, 3.8) is 0 Å². The summed E-state index contributed by atoms with van der Waals surface area (Å²) < 4.78 is 1.05. The van der Waals surface area contributed by atoms with Crippen molar-refractivity contribution < 1.29 is 0 Å². The van der Waals surface area contributed by atoms with Crippen LogP contribution in [-0.2, 0) is 6.42 Å². The molecule has 0 fully saturated rings. The van der Waals surface area contributed by atoms with Crippen LogP contribution in [0.15, 0.2) is 34.8 Å². The maximum absolute atomic E-state index is 4.58. The van der Waals surface area contributed by atoms with Gasteiger partial charge in [0.15, 0.2) is 0 Å². The molecule has 1 N–H and O–H groups in total. The Hall–Kier alpha value is -1.42. The minimum atomic E-state index is 0.830. The maximum Gasteiger partial charge on any atom is 0.131 e. The molecule has 0 bridgehead atoms. The minimum absolute atomic E-state index is 0.830. The van der Waals surface area contributed by atoms with Crippen molar-refractivity contribution in [1.29, 1.82) is 0 Å². The van der Waals surface area contributed by atoms with Crippen molar-refractivity contribution in [1.82, 2.24) is 9.97 Å². The molecule has 1 aromatic heterocycles. The molecule has 0 saturated carbocycles. The molecule has 2 aromatic rings. The Morgan fingerprint density at radius 3 is 2.61 bits per heavy atom. The van der Waals surface area contributed by atoms with Crippen LogP contribution in [0.5, 0.6) is 0 Å². The molecule has 0 amide bonds. The molecule has 0 aliphatic rings. The summed E-state index contributed by atoms with van der Waals surface area (Å²) in [5, 5.41) is 3.25. The Morgan fingerprint density at radius 2 is 1.94 bits per heavy atom. The number of rotatable bonds is 4. The zero-order chi connectivity index (χ0) is 13.0.